The average molecular weight is 298 g/mol. The Morgan fingerprint density at radius 1 is 1.14 bits per heavy atom. The second kappa shape index (κ2) is 5.67. The maximum Gasteiger partial charge on any atom is 0.308 e. The predicted octanol–water partition coefficient (Wildman–Crippen LogP) is 2.24. The number of likely N-dealkylation sites (tertiary alicyclic amines) is 1. The van der Waals surface area contributed by atoms with Crippen molar-refractivity contribution in [3.63, 3.8) is 0 Å². The van der Waals surface area contributed by atoms with Gasteiger partial charge in [0.05, 0.1) is 5.92 Å². The number of rotatable bonds is 3. The highest BCUT2D eigenvalue weighted by molar-refractivity contribution is 5.94. The summed E-state index contributed by atoms with van der Waals surface area (Å²) in [5, 5.41) is 9.05. The zero-order chi connectivity index (χ0) is 15.7. The van der Waals surface area contributed by atoms with Crippen molar-refractivity contribution in [2.75, 3.05) is 13.1 Å². The molecule has 0 radical (unpaired) electrons. The van der Waals surface area contributed by atoms with E-state index < -0.39 is 11.9 Å². The fourth-order valence-corrected chi connectivity index (χ4v) is 2.93. The fourth-order valence-electron chi connectivity index (χ4n) is 2.93. The topological polar surface area (TPSA) is 62.5 Å². The number of carboxylic acid groups (broad SMARTS) is 1. The van der Waals surface area contributed by atoms with E-state index in [2.05, 4.69) is 0 Å². The minimum atomic E-state index is -0.827. The standard InChI is InChI=1S/C17H18N2O3/c1-18-14(12-5-3-2-4-6-12)7-8-15(18)16(20)19-10-9-13(11-19)17(21)22/h2-8,13H,9-11H2,1H3,(H,21,22)/t13-/m1/s1. The minimum absolute atomic E-state index is 0.103. The third-order valence-electron chi connectivity index (χ3n) is 4.24. The Balaban J connectivity index is 1.83. The molecule has 1 aliphatic rings. The molecule has 1 aromatic carbocycles. The Bertz CT molecular complexity index is 706. The number of hydrogen-bond acceptors (Lipinski definition) is 2. The van der Waals surface area contributed by atoms with E-state index in [0.717, 1.165) is 11.3 Å². The maximum atomic E-state index is 12.6. The Hall–Kier alpha value is -2.56. The van der Waals surface area contributed by atoms with E-state index in [1.54, 1.807) is 11.0 Å². The van der Waals surface area contributed by atoms with Gasteiger partial charge in [0, 0.05) is 25.8 Å². The molecule has 22 heavy (non-hydrogen) atoms. The van der Waals surface area contributed by atoms with Gasteiger partial charge in [-0.25, -0.2) is 0 Å². The highest BCUT2D eigenvalue weighted by Gasteiger charge is 2.32. The van der Waals surface area contributed by atoms with Crippen molar-refractivity contribution in [1.29, 1.82) is 0 Å². The number of carbonyl (C=O) groups is 2. The molecule has 5 heteroatoms. The number of hydrogen-bond donors (Lipinski definition) is 1. The molecule has 1 aliphatic heterocycles. The molecule has 0 unspecified atom stereocenters. The van der Waals surface area contributed by atoms with Crippen LogP contribution in [0.3, 0.4) is 0 Å². The summed E-state index contributed by atoms with van der Waals surface area (Å²) in [6, 6.07) is 13.6. The van der Waals surface area contributed by atoms with E-state index in [9.17, 15) is 9.59 Å². The molecule has 1 fully saturated rings. The van der Waals surface area contributed by atoms with Gasteiger partial charge in [-0.1, -0.05) is 30.3 Å². The van der Waals surface area contributed by atoms with Gasteiger partial charge in [0.2, 0.25) is 0 Å². The van der Waals surface area contributed by atoms with E-state index in [1.807, 2.05) is 48.0 Å². The average Bonchev–Trinajstić information content (AvgIpc) is 3.14. The molecule has 0 bridgehead atoms. The third-order valence-corrected chi connectivity index (χ3v) is 4.24. The molecule has 2 aromatic rings. The molecule has 114 valence electrons. The summed E-state index contributed by atoms with van der Waals surface area (Å²) in [5.41, 5.74) is 2.61. The normalized spacial score (nSPS) is 17.7. The second-order valence-electron chi connectivity index (χ2n) is 5.60. The number of nitrogens with zero attached hydrogens (tertiary/aromatic N) is 2. The molecule has 0 aliphatic carbocycles. The van der Waals surface area contributed by atoms with E-state index in [1.165, 1.54) is 0 Å². The summed E-state index contributed by atoms with van der Waals surface area (Å²) >= 11 is 0. The Labute approximate surface area is 128 Å². The van der Waals surface area contributed by atoms with E-state index in [-0.39, 0.29) is 5.91 Å². The number of amides is 1. The highest BCUT2D eigenvalue weighted by Crippen LogP contribution is 2.24. The molecular formula is C17H18N2O3. The van der Waals surface area contributed by atoms with Crippen LogP contribution in [0.15, 0.2) is 42.5 Å². The molecular weight excluding hydrogens is 280 g/mol. The van der Waals surface area contributed by atoms with Crippen LogP contribution in [0.1, 0.15) is 16.9 Å². The maximum absolute atomic E-state index is 12.6. The van der Waals surface area contributed by atoms with Crippen molar-refractivity contribution in [2.45, 2.75) is 6.42 Å². The van der Waals surface area contributed by atoms with Crippen LogP contribution in [0.4, 0.5) is 0 Å². The van der Waals surface area contributed by atoms with Crippen LogP contribution in [0.2, 0.25) is 0 Å². The first-order valence-electron chi connectivity index (χ1n) is 7.31. The molecule has 0 spiro atoms. The van der Waals surface area contributed by atoms with Gasteiger partial charge in [-0.2, -0.15) is 0 Å². The summed E-state index contributed by atoms with van der Waals surface area (Å²) in [6.07, 6.45) is 0.525. The monoisotopic (exact) mass is 298 g/mol. The van der Waals surface area contributed by atoms with Crippen molar-refractivity contribution in [3.8, 4) is 11.3 Å². The summed E-state index contributed by atoms with van der Waals surface area (Å²) in [6.45, 7) is 0.793. The lowest BCUT2D eigenvalue weighted by Gasteiger charge is -2.17. The Morgan fingerprint density at radius 3 is 2.50 bits per heavy atom. The first kappa shape index (κ1) is 14.4. The number of aliphatic carboxylic acids is 1. The van der Waals surface area contributed by atoms with Crippen molar-refractivity contribution in [3.05, 3.63) is 48.2 Å². The molecule has 1 amide bonds. The van der Waals surface area contributed by atoms with Gasteiger partial charge in [-0.3, -0.25) is 9.59 Å². The predicted molar refractivity (Wildman–Crippen MR) is 82.5 cm³/mol. The summed E-state index contributed by atoms with van der Waals surface area (Å²) < 4.78 is 1.87. The van der Waals surface area contributed by atoms with E-state index in [4.69, 9.17) is 5.11 Å². The van der Waals surface area contributed by atoms with Gasteiger partial charge in [0.25, 0.3) is 5.91 Å². The fraction of sp³-hybridized carbons (Fsp3) is 0.294. The van der Waals surface area contributed by atoms with E-state index >= 15 is 0 Å². The van der Waals surface area contributed by atoms with Crippen molar-refractivity contribution < 1.29 is 14.7 Å². The molecule has 1 N–H and O–H groups in total. The lowest BCUT2D eigenvalue weighted by Crippen LogP contribution is -2.31. The molecule has 1 aromatic heterocycles. The lowest BCUT2D eigenvalue weighted by atomic mass is 10.1. The van der Waals surface area contributed by atoms with Gasteiger partial charge in [0.1, 0.15) is 5.69 Å². The van der Waals surface area contributed by atoms with Crippen molar-refractivity contribution in [2.24, 2.45) is 13.0 Å². The minimum Gasteiger partial charge on any atom is -0.481 e. The van der Waals surface area contributed by atoms with Gasteiger partial charge in [-0.15, -0.1) is 0 Å². The Kier molecular flexibility index (Phi) is 3.71. The SMILES string of the molecule is Cn1c(C(=O)N2CC[C@@H](C(=O)O)C2)ccc1-c1ccccc1. The van der Waals surface area contributed by atoms with Crippen LogP contribution in [0, 0.1) is 5.92 Å². The number of carboxylic acids is 1. The molecule has 3 rings (SSSR count). The zero-order valence-corrected chi connectivity index (χ0v) is 12.4. The summed E-state index contributed by atoms with van der Waals surface area (Å²) in [5.74, 6) is -1.38. The third kappa shape index (κ3) is 2.50. The largest absolute Gasteiger partial charge is 0.481 e. The first-order valence-corrected chi connectivity index (χ1v) is 7.31. The summed E-state index contributed by atoms with van der Waals surface area (Å²) in [4.78, 5) is 25.2. The Morgan fingerprint density at radius 2 is 1.86 bits per heavy atom. The van der Waals surface area contributed by atoms with Crippen LogP contribution in [0.5, 0.6) is 0 Å². The smallest absolute Gasteiger partial charge is 0.308 e. The molecule has 1 saturated heterocycles. The van der Waals surface area contributed by atoms with Crippen LogP contribution < -0.4 is 0 Å². The molecule has 5 nitrogen and oxygen atoms in total. The number of benzene rings is 1. The van der Waals surface area contributed by atoms with Crippen LogP contribution >= 0.6 is 0 Å². The van der Waals surface area contributed by atoms with Crippen molar-refractivity contribution in [1.82, 2.24) is 9.47 Å². The van der Waals surface area contributed by atoms with Gasteiger partial charge < -0.3 is 14.6 Å². The first-order chi connectivity index (χ1) is 10.6. The number of aromatic nitrogens is 1. The van der Waals surface area contributed by atoms with Crippen LogP contribution in [-0.4, -0.2) is 39.5 Å². The number of carbonyl (C=O) groups excluding carboxylic acids is 1. The zero-order valence-electron chi connectivity index (χ0n) is 12.4. The molecule has 0 saturated carbocycles. The molecule has 2 heterocycles. The van der Waals surface area contributed by atoms with Gasteiger partial charge >= 0.3 is 5.97 Å². The van der Waals surface area contributed by atoms with Crippen LogP contribution in [0.25, 0.3) is 11.3 Å². The van der Waals surface area contributed by atoms with Gasteiger partial charge in [0.15, 0.2) is 0 Å². The lowest BCUT2D eigenvalue weighted by molar-refractivity contribution is -0.141. The molecule has 1 atom stereocenters. The highest BCUT2D eigenvalue weighted by atomic mass is 16.4. The van der Waals surface area contributed by atoms with Crippen LogP contribution in [-0.2, 0) is 11.8 Å². The van der Waals surface area contributed by atoms with Gasteiger partial charge in [-0.05, 0) is 24.1 Å². The van der Waals surface area contributed by atoms with Crippen molar-refractivity contribution >= 4 is 11.9 Å². The second-order valence-corrected chi connectivity index (χ2v) is 5.60. The van der Waals surface area contributed by atoms with E-state index in [0.29, 0.717) is 25.2 Å². The quantitative estimate of drug-likeness (QED) is 0.945. The summed E-state index contributed by atoms with van der Waals surface area (Å²) in [7, 11) is 1.86.